The van der Waals surface area contributed by atoms with Gasteiger partial charge in [-0.1, -0.05) is 41.4 Å². The summed E-state index contributed by atoms with van der Waals surface area (Å²) in [6.07, 6.45) is 0. The van der Waals surface area contributed by atoms with E-state index in [0.29, 0.717) is 22.9 Å². The minimum atomic E-state index is -0.102. The van der Waals surface area contributed by atoms with E-state index in [4.69, 9.17) is 21.1 Å². The van der Waals surface area contributed by atoms with Crippen LogP contribution in [0.15, 0.2) is 42.5 Å². The second kappa shape index (κ2) is 7.25. The first-order valence-electron chi connectivity index (χ1n) is 6.61. The molecule has 0 saturated carbocycles. The van der Waals surface area contributed by atoms with Crippen LogP contribution >= 0.6 is 11.6 Å². The average molecular weight is 305 g/mol. The van der Waals surface area contributed by atoms with Crippen molar-refractivity contribution in [3.8, 4) is 5.75 Å². The van der Waals surface area contributed by atoms with Crippen LogP contribution in [-0.2, 0) is 11.3 Å². The Labute approximate surface area is 129 Å². The maximum absolute atomic E-state index is 12.1. The molecule has 0 N–H and O–H groups in total. The van der Waals surface area contributed by atoms with Crippen LogP contribution in [0.4, 0.5) is 0 Å². The standard InChI is InChI=1S/C17H17ClO3/c1-12-7-8-17(14(9-12)16(19)11-20-2)21-10-13-5-3-4-6-15(13)18/h3-9H,10-11H2,1-2H3. The molecule has 0 bridgehead atoms. The number of aryl methyl sites for hydroxylation is 1. The lowest BCUT2D eigenvalue weighted by molar-refractivity contribution is 0.0843. The van der Waals surface area contributed by atoms with Crippen LogP contribution < -0.4 is 4.74 Å². The van der Waals surface area contributed by atoms with Gasteiger partial charge in [-0.25, -0.2) is 0 Å². The third kappa shape index (κ3) is 4.06. The molecule has 0 unspecified atom stereocenters. The van der Waals surface area contributed by atoms with Crippen molar-refractivity contribution in [1.82, 2.24) is 0 Å². The number of carbonyl (C=O) groups excluding carboxylic acids is 1. The van der Waals surface area contributed by atoms with E-state index < -0.39 is 0 Å². The summed E-state index contributed by atoms with van der Waals surface area (Å²) in [5.74, 6) is 0.443. The van der Waals surface area contributed by atoms with Gasteiger partial charge in [0.2, 0.25) is 0 Å². The van der Waals surface area contributed by atoms with Crippen molar-refractivity contribution in [2.75, 3.05) is 13.7 Å². The molecule has 0 aliphatic carbocycles. The Morgan fingerprint density at radius 1 is 1.19 bits per heavy atom. The van der Waals surface area contributed by atoms with Gasteiger partial charge in [-0.2, -0.15) is 0 Å². The Hall–Kier alpha value is -1.84. The molecular formula is C17H17ClO3. The van der Waals surface area contributed by atoms with E-state index in [0.717, 1.165) is 11.1 Å². The summed E-state index contributed by atoms with van der Waals surface area (Å²) >= 11 is 6.10. The zero-order valence-electron chi connectivity index (χ0n) is 12.1. The van der Waals surface area contributed by atoms with E-state index in [1.807, 2.05) is 43.3 Å². The number of benzene rings is 2. The summed E-state index contributed by atoms with van der Waals surface area (Å²) in [5.41, 5.74) is 2.41. The van der Waals surface area contributed by atoms with Gasteiger partial charge in [-0.3, -0.25) is 4.79 Å². The molecule has 2 rings (SSSR count). The number of rotatable bonds is 6. The molecule has 2 aromatic carbocycles. The molecule has 0 aliphatic rings. The molecule has 0 saturated heterocycles. The van der Waals surface area contributed by atoms with Gasteiger partial charge in [0, 0.05) is 17.7 Å². The number of halogens is 1. The second-order valence-electron chi connectivity index (χ2n) is 4.74. The van der Waals surface area contributed by atoms with E-state index >= 15 is 0 Å². The Kier molecular flexibility index (Phi) is 5.37. The van der Waals surface area contributed by atoms with E-state index in [-0.39, 0.29) is 12.4 Å². The monoisotopic (exact) mass is 304 g/mol. The van der Waals surface area contributed by atoms with E-state index in [1.165, 1.54) is 7.11 Å². The minimum Gasteiger partial charge on any atom is -0.488 e. The van der Waals surface area contributed by atoms with Gasteiger partial charge in [0.1, 0.15) is 19.0 Å². The highest BCUT2D eigenvalue weighted by atomic mass is 35.5. The van der Waals surface area contributed by atoms with Crippen LogP contribution in [0.5, 0.6) is 5.75 Å². The van der Waals surface area contributed by atoms with Gasteiger partial charge in [-0.05, 0) is 25.1 Å². The van der Waals surface area contributed by atoms with Crippen LogP contribution in [0, 0.1) is 6.92 Å². The fourth-order valence-electron chi connectivity index (χ4n) is 1.97. The fraction of sp³-hybridized carbons (Fsp3) is 0.235. The van der Waals surface area contributed by atoms with Crippen molar-refractivity contribution in [3.63, 3.8) is 0 Å². The van der Waals surface area contributed by atoms with Crippen molar-refractivity contribution >= 4 is 17.4 Å². The van der Waals surface area contributed by atoms with E-state index in [2.05, 4.69) is 0 Å². The summed E-state index contributed by atoms with van der Waals surface area (Å²) in [5, 5.41) is 0.648. The Balaban J connectivity index is 2.20. The maximum atomic E-state index is 12.1. The zero-order chi connectivity index (χ0) is 15.2. The predicted molar refractivity (Wildman–Crippen MR) is 83.2 cm³/mol. The van der Waals surface area contributed by atoms with Crippen molar-refractivity contribution < 1.29 is 14.3 Å². The first kappa shape index (κ1) is 15.5. The molecule has 110 valence electrons. The number of carbonyl (C=O) groups is 1. The molecule has 0 fully saturated rings. The minimum absolute atomic E-state index is 0.0336. The van der Waals surface area contributed by atoms with Crippen LogP contribution in [-0.4, -0.2) is 19.5 Å². The highest BCUT2D eigenvalue weighted by Crippen LogP contribution is 2.23. The summed E-state index contributed by atoms with van der Waals surface area (Å²) in [6.45, 7) is 2.28. The van der Waals surface area contributed by atoms with Crippen LogP contribution in [0.2, 0.25) is 5.02 Å². The maximum Gasteiger partial charge on any atom is 0.192 e. The van der Waals surface area contributed by atoms with Crippen molar-refractivity contribution in [1.29, 1.82) is 0 Å². The summed E-state index contributed by atoms with van der Waals surface area (Å²) in [4.78, 5) is 12.1. The SMILES string of the molecule is COCC(=O)c1cc(C)ccc1OCc1ccccc1Cl. The quantitative estimate of drug-likeness (QED) is 0.755. The molecule has 0 heterocycles. The zero-order valence-corrected chi connectivity index (χ0v) is 12.8. The predicted octanol–water partition coefficient (Wildman–Crippen LogP) is 4.06. The molecule has 0 aliphatic heterocycles. The lowest BCUT2D eigenvalue weighted by atomic mass is 10.1. The molecule has 0 spiro atoms. The van der Waals surface area contributed by atoms with E-state index in [1.54, 1.807) is 6.07 Å². The van der Waals surface area contributed by atoms with Crippen molar-refractivity contribution in [2.45, 2.75) is 13.5 Å². The molecule has 0 radical (unpaired) electrons. The molecule has 3 nitrogen and oxygen atoms in total. The van der Waals surface area contributed by atoms with Gasteiger partial charge >= 0.3 is 0 Å². The van der Waals surface area contributed by atoms with Gasteiger partial charge in [0.25, 0.3) is 0 Å². The molecule has 0 atom stereocenters. The Morgan fingerprint density at radius 3 is 2.67 bits per heavy atom. The van der Waals surface area contributed by atoms with Gasteiger partial charge in [-0.15, -0.1) is 0 Å². The highest BCUT2D eigenvalue weighted by molar-refractivity contribution is 6.31. The van der Waals surface area contributed by atoms with Crippen molar-refractivity contribution in [3.05, 3.63) is 64.2 Å². The number of ether oxygens (including phenoxy) is 2. The topological polar surface area (TPSA) is 35.5 Å². The summed E-state index contributed by atoms with van der Waals surface area (Å²) < 4.78 is 10.7. The van der Waals surface area contributed by atoms with Crippen LogP contribution in [0.1, 0.15) is 21.5 Å². The Morgan fingerprint density at radius 2 is 1.95 bits per heavy atom. The molecule has 0 aromatic heterocycles. The highest BCUT2D eigenvalue weighted by Gasteiger charge is 2.13. The van der Waals surface area contributed by atoms with Crippen molar-refractivity contribution in [2.24, 2.45) is 0 Å². The number of hydrogen-bond acceptors (Lipinski definition) is 3. The normalized spacial score (nSPS) is 10.4. The van der Waals surface area contributed by atoms with Gasteiger partial charge in [0.05, 0.1) is 5.56 Å². The second-order valence-corrected chi connectivity index (χ2v) is 5.14. The Bertz CT molecular complexity index is 638. The number of Topliss-reactive ketones (excluding diaryl/α,β-unsaturated/α-hetero) is 1. The summed E-state index contributed by atoms with van der Waals surface area (Å²) in [7, 11) is 1.50. The number of hydrogen-bond donors (Lipinski definition) is 0. The molecule has 0 amide bonds. The number of methoxy groups -OCH3 is 1. The largest absolute Gasteiger partial charge is 0.488 e. The van der Waals surface area contributed by atoms with Crippen LogP contribution in [0.25, 0.3) is 0 Å². The van der Waals surface area contributed by atoms with Crippen LogP contribution in [0.3, 0.4) is 0 Å². The third-order valence-electron chi connectivity index (χ3n) is 3.05. The molecule has 4 heteroatoms. The van der Waals surface area contributed by atoms with Gasteiger partial charge in [0.15, 0.2) is 5.78 Å². The molecule has 21 heavy (non-hydrogen) atoms. The first-order chi connectivity index (χ1) is 10.1. The van der Waals surface area contributed by atoms with E-state index in [9.17, 15) is 4.79 Å². The number of ketones is 1. The molecule has 2 aromatic rings. The summed E-state index contributed by atoms with van der Waals surface area (Å²) in [6, 6.07) is 13.0. The average Bonchev–Trinajstić information content (AvgIpc) is 2.47. The first-order valence-corrected chi connectivity index (χ1v) is 6.98. The third-order valence-corrected chi connectivity index (χ3v) is 3.42. The lowest BCUT2D eigenvalue weighted by Gasteiger charge is -2.12. The lowest BCUT2D eigenvalue weighted by Crippen LogP contribution is -2.10. The fourth-order valence-corrected chi connectivity index (χ4v) is 2.16. The smallest absolute Gasteiger partial charge is 0.192 e. The molecular weight excluding hydrogens is 288 g/mol. The van der Waals surface area contributed by atoms with Gasteiger partial charge < -0.3 is 9.47 Å².